The lowest BCUT2D eigenvalue weighted by Gasteiger charge is -2.27. The molecule has 3 aliphatic rings. The molecule has 1 aliphatic carbocycles. The lowest BCUT2D eigenvalue weighted by Crippen LogP contribution is -2.41. The molecule has 0 radical (unpaired) electrons. The molecule has 4 rings (SSSR count). The van der Waals surface area contributed by atoms with E-state index in [4.69, 9.17) is 16.3 Å². The fraction of sp³-hybridized carbons (Fsp3) is 0.462. The summed E-state index contributed by atoms with van der Waals surface area (Å²) >= 11 is 6.34. The molecular formula is C26H31ClN4O3. The number of nitrogens with zero attached hydrogens (tertiary/aromatic N) is 3. The van der Waals surface area contributed by atoms with Crippen LogP contribution in [0, 0.1) is 25.7 Å². The molecular weight excluding hydrogens is 452 g/mol. The quantitative estimate of drug-likeness (QED) is 0.500. The molecule has 2 aliphatic heterocycles. The first-order chi connectivity index (χ1) is 16.3. The smallest absolute Gasteiger partial charge is 0.256 e. The molecule has 1 aromatic rings. The number of amides is 2. The van der Waals surface area contributed by atoms with Crippen molar-refractivity contribution in [2.75, 3.05) is 53.5 Å². The largest absolute Gasteiger partial charge is 0.378 e. The van der Waals surface area contributed by atoms with Gasteiger partial charge in [0.2, 0.25) is 0 Å². The van der Waals surface area contributed by atoms with Crippen molar-refractivity contribution in [3.8, 4) is 11.8 Å². The Morgan fingerprint density at radius 3 is 2.76 bits per heavy atom. The zero-order chi connectivity index (χ0) is 24.4. The van der Waals surface area contributed by atoms with Crippen LogP contribution in [0.4, 0.5) is 0 Å². The third-order valence-corrected chi connectivity index (χ3v) is 6.63. The molecule has 1 N–H and O–H groups in total. The molecule has 2 fully saturated rings. The van der Waals surface area contributed by atoms with E-state index >= 15 is 0 Å². The number of ether oxygens (including phenoxy) is 1. The molecule has 180 valence electrons. The number of hydrogen-bond acceptors (Lipinski definition) is 4. The second-order valence-corrected chi connectivity index (χ2v) is 9.54. The maximum atomic E-state index is 13.5. The number of nitrogens with one attached hydrogen (secondary N) is 1. The van der Waals surface area contributed by atoms with Crippen LogP contribution >= 0.6 is 11.6 Å². The molecule has 0 aromatic carbocycles. The first-order valence-electron chi connectivity index (χ1n) is 11.6. The third kappa shape index (κ3) is 4.85. The van der Waals surface area contributed by atoms with E-state index in [1.54, 1.807) is 6.08 Å². The maximum Gasteiger partial charge on any atom is 0.256 e. The molecule has 0 spiro atoms. The van der Waals surface area contributed by atoms with Crippen molar-refractivity contribution in [3.05, 3.63) is 50.8 Å². The highest BCUT2D eigenvalue weighted by Crippen LogP contribution is 2.35. The number of H-pyrrole nitrogens is 1. The molecule has 8 heteroatoms. The van der Waals surface area contributed by atoms with Crippen molar-refractivity contribution in [3.63, 3.8) is 0 Å². The van der Waals surface area contributed by atoms with Crippen molar-refractivity contribution in [2.45, 2.75) is 26.3 Å². The Labute approximate surface area is 206 Å². The SMILES string of the molecule is Cc1[nH]c(C=C2C(=O)N(CCCN(C)C)C3C#CC=C(Cl)C=C23)c(C)c1C(=O)N1CCOCC1. The van der Waals surface area contributed by atoms with Crippen LogP contribution in [0.25, 0.3) is 6.08 Å². The molecule has 1 aromatic heterocycles. The summed E-state index contributed by atoms with van der Waals surface area (Å²) < 4.78 is 5.38. The molecule has 7 nitrogen and oxygen atoms in total. The highest BCUT2D eigenvalue weighted by Gasteiger charge is 2.39. The van der Waals surface area contributed by atoms with Crippen LogP contribution < -0.4 is 0 Å². The topological polar surface area (TPSA) is 68.9 Å². The van der Waals surface area contributed by atoms with Crippen LogP contribution in [0.15, 0.2) is 28.3 Å². The highest BCUT2D eigenvalue weighted by molar-refractivity contribution is 6.31. The average Bonchev–Trinajstić information content (AvgIpc) is 3.11. The van der Waals surface area contributed by atoms with Crippen molar-refractivity contribution >= 4 is 29.5 Å². The summed E-state index contributed by atoms with van der Waals surface area (Å²) in [6.07, 6.45) is 6.18. The van der Waals surface area contributed by atoms with E-state index in [9.17, 15) is 9.59 Å². The van der Waals surface area contributed by atoms with E-state index < -0.39 is 0 Å². The highest BCUT2D eigenvalue weighted by atomic mass is 35.5. The molecule has 2 saturated heterocycles. The van der Waals surface area contributed by atoms with E-state index in [1.807, 2.05) is 49.9 Å². The molecule has 2 amide bonds. The molecule has 0 saturated carbocycles. The number of rotatable bonds is 6. The number of allylic oxidation sites excluding steroid dienone is 3. The van der Waals surface area contributed by atoms with Crippen LogP contribution in [0.2, 0.25) is 0 Å². The summed E-state index contributed by atoms with van der Waals surface area (Å²) in [5.41, 5.74) is 4.40. The van der Waals surface area contributed by atoms with Crippen LogP contribution in [0.1, 0.15) is 33.7 Å². The van der Waals surface area contributed by atoms with Gasteiger partial charge < -0.3 is 24.4 Å². The van der Waals surface area contributed by atoms with Gasteiger partial charge in [-0.25, -0.2) is 0 Å². The fourth-order valence-corrected chi connectivity index (χ4v) is 4.82. The fourth-order valence-electron chi connectivity index (χ4n) is 4.64. The molecule has 3 heterocycles. The Kier molecular flexibility index (Phi) is 7.32. The van der Waals surface area contributed by atoms with Crippen LogP contribution in [0.5, 0.6) is 0 Å². The lowest BCUT2D eigenvalue weighted by atomic mass is 10.0. The Morgan fingerprint density at radius 1 is 1.32 bits per heavy atom. The van der Waals surface area contributed by atoms with Gasteiger partial charge in [0.1, 0.15) is 6.04 Å². The van der Waals surface area contributed by atoms with Gasteiger partial charge in [-0.3, -0.25) is 9.59 Å². The van der Waals surface area contributed by atoms with Crippen molar-refractivity contribution < 1.29 is 14.3 Å². The zero-order valence-electron chi connectivity index (χ0n) is 20.2. The number of halogens is 1. The molecule has 0 bridgehead atoms. The third-order valence-electron chi connectivity index (χ3n) is 6.41. The second-order valence-electron chi connectivity index (χ2n) is 9.10. The van der Waals surface area contributed by atoms with Gasteiger partial charge in [0.25, 0.3) is 11.8 Å². The number of carbonyl (C=O) groups is 2. The van der Waals surface area contributed by atoms with Crippen LogP contribution in [-0.2, 0) is 9.53 Å². The number of carbonyl (C=O) groups excluding carboxylic acids is 2. The molecule has 1 atom stereocenters. The van der Waals surface area contributed by atoms with Gasteiger partial charge in [0.15, 0.2) is 0 Å². The van der Waals surface area contributed by atoms with Crippen molar-refractivity contribution in [1.29, 1.82) is 0 Å². The number of aryl methyl sites for hydroxylation is 1. The number of hydrogen-bond donors (Lipinski definition) is 1. The Balaban J connectivity index is 1.69. The van der Waals surface area contributed by atoms with E-state index in [0.717, 1.165) is 35.5 Å². The predicted molar refractivity (Wildman–Crippen MR) is 133 cm³/mol. The summed E-state index contributed by atoms with van der Waals surface area (Å²) in [6.45, 7) is 7.56. The predicted octanol–water partition coefficient (Wildman–Crippen LogP) is 2.72. The maximum absolute atomic E-state index is 13.5. The average molecular weight is 483 g/mol. The Bertz CT molecular complexity index is 1140. The minimum absolute atomic E-state index is 0.00865. The van der Waals surface area contributed by atoms with E-state index in [1.165, 1.54) is 0 Å². The normalized spacial score (nSPS) is 21.3. The van der Waals surface area contributed by atoms with Crippen LogP contribution in [0.3, 0.4) is 0 Å². The van der Waals surface area contributed by atoms with Crippen molar-refractivity contribution in [1.82, 2.24) is 19.7 Å². The zero-order valence-corrected chi connectivity index (χ0v) is 21.0. The first kappa shape index (κ1) is 24.3. The van der Waals surface area contributed by atoms with Gasteiger partial charge in [-0.2, -0.15) is 0 Å². The van der Waals surface area contributed by atoms with E-state index in [0.29, 0.717) is 49.0 Å². The molecule has 1 unspecified atom stereocenters. The summed E-state index contributed by atoms with van der Waals surface area (Å²) in [5.74, 6) is 6.10. The number of aromatic nitrogens is 1. The second kappa shape index (κ2) is 10.2. The van der Waals surface area contributed by atoms with Gasteiger partial charge in [-0.1, -0.05) is 23.4 Å². The Morgan fingerprint density at radius 2 is 2.06 bits per heavy atom. The minimum Gasteiger partial charge on any atom is -0.378 e. The van der Waals surface area contributed by atoms with E-state index in [-0.39, 0.29) is 17.9 Å². The van der Waals surface area contributed by atoms with Gasteiger partial charge in [-0.05, 0) is 58.6 Å². The van der Waals surface area contributed by atoms with Gasteiger partial charge in [0.05, 0.1) is 18.8 Å². The van der Waals surface area contributed by atoms with Crippen molar-refractivity contribution in [2.24, 2.45) is 0 Å². The summed E-state index contributed by atoms with van der Waals surface area (Å²) in [4.78, 5) is 35.8. The molecule has 34 heavy (non-hydrogen) atoms. The minimum atomic E-state index is -0.334. The standard InChI is InChI=1S/C26H31ClN4O3/c1-17-22(28-18(2)24(17)26(33)30-11-13-34-14-12-30)16-21-20-15-19(27)7-5-8-23(20)31(25(21)32)10-6-9-29(3)4/h7,15-16,23,28H,6,9-14H2,1-4H3. The van der Waals surface area contributed by atoms with Crippen LogP contribution in [-0.4, -0.2) is 91.0 Å². The monoisotopic (exact) mass is 482 g/mol. The first-order valence-corrected chi connectivity index (χ1v) is 12.0. The summed E-state index contributed by atoms with van der Waals surface area (Å²) in [6, 6.07) is -0.334. The van der Waals surface area contributed by atoms with Gasteiger partial charge in [0, 0.05) is 53.3 Å². The Hall–Kier alpha value is -2.79. The number of aromatic amines is 1. The van der Waals surface area contributed by atoms with Gasteiger partial charge in [-0.15, -0.1) is 0 Å². The number of morpholine rings is 1. The van der Waals surface area contributed by atoms with Gasteiger partial charge >= 0.3 is 0 Å². The number of fused-ring (bicyclic) bond motifs is 1. The number of likely N-dealkylation sites (tertiary alicyclic amines) is 1. The summed E-state index contributed by atoms with van der Waals surface area (Å²) in [5, 5.41) is 0.501. The van der Waals surface area contributed by atoms with E-state index in [2.05, 4.69) is 21.7 Å². The lowest BCUT2D eigenvalue weighted by molar-refractivity contribution is -0.125. The summed E-state index contributed by atoms with van der Waals surface area (Å²) in [7, 11) is 4.04.